The van der Waals surface area contributed by atoms with Crippen LogP contribution in [-0.4, -0.2) is 22.6 Å². The number of rotatable bonds is 5. The molecule has 0 saturated carbocycles. The van der Waals surface area contributed by atoms with E-state index >= 15 is 0 Å². The third-order valence-corrected chi connectivity index (χ3v) is 2.97. The third-order valence-electron chi connectivity index (χ3n) is 2.97. The van der Waals surface area contributed by atoms with Gasteiger partial charge in [-0.1, -0.05) is 13.8 Å². The molecule has 1 unspecified atom stereocenters. The fourth-order valence-corrected chi connectivity index (χ4v) is 2.11. The van der Waals surface area contributed by atoms with Crippen LogP contribution in [0.5, 0.6) is 0 Å². The van der Waals surface area contributed by atoms with Crippen LogP contribution in [0.1, 0.15) is 39.9 Å². The summed E-state index contributed by atoms with van der Waals surface area (Å²) in [5, 5.41) is 3.28. The van der Waals surface area contributed by atoms with Gasteiger partial charge in [-0.15, -0.1) is 0 Å². The smallest absolute Gasteiger partial charge is 0.114 e. The number of aromatic nitrogens is 2. The lowest BCUT2D eigenvalue weighted by atomic mass is 9.85. The van der Waals surface area contributed by atoms with E-state index in [2.05, 4.69) is 48.8 Å². The van der Waals surface area contributed by atoms with Gasteiger partial charge in [0.1, 0.15) is 5.82 Å². The van der Waals surface area contributed by atoms with Crippen molar-refractivity contribution in [2.24, 2.45) is 0 Å². The minimum Gasteiger partial charge on any atom is -0.335 e. The molecule has 86 valence electrons. The zero-order chi connectivity index (χ0) is 11.5. The maximum Gasteiger partial charge on any atom is 0.114 e. The summed E-state index contributed by atoms with van der Waals surface area (Å²) >= 11 is 0. The van der Waals surface area contributed by atoms with Gasteiger partial charge in [0.05, 0.1) is 0 Å². The van der Waals surface area contributed by atoms with E-state index in [1.54, 1.807) is 0 Å². The Kier molecular flexibility index (Phi) is 3.91. The van der Waals surface area contributed by atoms with E-state index in [0.717, 1.165) is 13.0 Å². The van der Waals surface area contributed by atoms with Crippen molar-refractivity contribution < 1.29 is 0 Å². The first-order chi connectivity index (χ1) is 7.01. The second kappa shape index (κ2) is 4.79. The van der Waals surface area contributed by atoms with E-state index < -0.39 is 0 Å². The molecule has 1 aromatic heterocycles. The molecule has 0 fully saturated rings. The number of hydrogen-bond donors (Lipinski definition) is 1. The summed E-state index contributed by atoms with van der Waals surface area (Å²) in [5.41, 5.74) is 0.127. The van der Waals surface area contributed by atoms with Gasteiger partial charge in [-0.2, -0.15) is 0 Å². The average molecular weight is 209 g/mol. The van der Waals surface area contributed by atoms with Crippen molar-refractivity contribution in [3.8, 4) is 0 Å². The molecule has 0 bridgehead atoms. The number of aryl methyl sites for hydroxylation is 1. The van der Waals surface area contributed by atoms with Gasteiger partial charge in [0.25, 0.3) is 0 Å². The average Bonchev–Trinajstić information content (AvgIpc) is 2.65. The molecule has 0 aromatic carbocycles. The molecule has 1 rings (SSSR count). The highest BCUT2D eigenvalue weighted by Gasteiger charge is 2.26. The minimum absolute atomic E-state index is 0.127. The molecule has 3 nitrogen and oxygen atoms in total. The van der Waals surface area contributed by atoms with Crippen LogP contribution in [0.2, 0.25) is 0 Å². The van der Waals surface area contributed by atoms with Gasteiger partial charge in [-0.25, -0.2) is 4.98 Å². The summed E-state index contributed by atoms with van der Waals surface area (Å²) in [4.78, 5) is 4.48. The Morgan fingerprint density at radius 1 is 1.53 bits per heavy atom. The molecule has 0 radical (unpaired) electrons. The molecule has 0 saturated heterocycles. The zero-order valence-corrected chi connectivity index (χ0v) is 10.5. The highest BCUT2D eigenvalue weighted by atomic mass is 15.1. The van der Waals surface area contributed by atoms with E-state index in [4.69, 9.17) is 0 Å². The van der Waals surface area contributed by atoms with E-state index in [-0.39, 0.29) is 5.41 Å². The Morgan fingerprint density at radius 3 is 2.73 bits per heavy atom. The number of imidazole rings is 1. The Bertz CT molecular complexity index is 302. The monoisotopic (exact) mass is 209 g/mol. The van der Waals surface area contributed by atoms with Crippen molar-refractivity contribution in [1.82, 2.24) is 14.9 Å². The summed E-state index contributed by atoms with van der Waals surface area (Å²) in [6.07, 6.45) is 5.05. The Balaban J connectivity index is 2.85. The van der Waals surface area contributed by atoms with Gasteiger partial charge < -0.3 is 9.88 Å². The maximum absolute atomic E-state index is 4.48. The van der Waals surface area contributed by atoms with Crippen LogP contribution in [0.15, 0.2) is 12.4 Å². The molecule has 1 atom stereocenters. The van der Waals surface area contributed by atoms with Crippen LogP contribution < -0.4 is 5.32 Å². The van der Waals surface area contributed by atoms with Crippen LogP contribution in [0.3, 0.4) is 0 Å². The van der Waals surface area contributed by atoms with Gasteiger partial charge in [0.15, 0.2) is 0 Å². The van der Waals surface area contributed by atoms with Crippen LogP contribution in [0, 0.1) is 0 Å². The highest BCUT2D eigenvalue weighted by molar-refractivity contribution is 5.07. The molecule has 0 aliphatic rings. The predicted octanol–water partition coefficient (Wildman–Crippen LogP) is 2.18. The lowest BCUT2D eigenvalue weighted by Crippen LogP contribution is -2.32. The first-order valence-corrected chi connectivity index (χ1v) is 5.70. The normalized spacial score (nSPS) is 14.2. The Hall–Kier alpha value is -0.830. The van der Waals surface area contributed by atoms with Crippen LogP contribution in [-0.2, 0) is 12.0 Å². The van der Waals surface area contributed by atoms with Crippen molar-refractivity contribution in [2.75, 3.05) is 7.05 Å². The summed E-state index contributed by atoms with van der Waals surface area (Å²) < 4.78 is 2.22. The summed E-state index contributed by atoms with van der Waals surface area (Å²) in [5.74, 6) is 1.19. The van der Waals surface area contributed by atoms with Crippen molar-refractivity contribution >= 4 is 0 Å². The van der Waals surface area contributed by atoms with E-state index in [9.17, 15) is 0 Å². The zero-order valence-electron chi connectivity index (χ0n) is 10.5. The summed E-state index contributed by atoms with van der Waals surface area (Å²) in [7, 11) is 2.01. The molecule has 0 amide bonds. The largest absolute Gasteiger partial charge is 0.335 e. The van der Waals surface area contributed by atoms with E-state index in [1.165, 1.54) is 5.82 Å². The summed E-state index contributed by atoms with van der Waals surface area (Å²) in [6, 6.07) is 0.516. The van der Waals surface area contributed by atoms with Gasteiger partial charge in [-0.05, 0) is 27.3 Å². The molecular weight excluding hydrogens is 186 g/mol. The van der Waals surface area contributed by atoms with Crippen molar-refractivity contribution in [1.29, 1.82) is 0 Å². The van der Waals surface area contributed by atoms with Gasteiger partial charge in [0.2, 0.25) is 0 Å². The lowest BCUT2D eigenvalue weighted by molar-refractivity contribution is 0.374. The van der Waals surface area contributed by atoms with Gasteiger partial charge in [-0.3, -0.25) is 0 Å². The van der Waals surface area contributed by atoms with Crippen molar-refractivity contribution in [3.05, 3.63) is 18.2 Å². The molecule has 1 aromatic rings. The number of nitrogens with one attached hydrogen (secondary N) is 1. The van der Waals surface area contributed by atoms with Gasteiger partial charge in [0, 0.05) is 30.4 Å². The molecule has 1 heterocycles. The minimum atomic E-state index is 0.127. The lowest BCUT2D eigenvalue weighted by Gasteiger charge is -2.28. The predicted molar refractivity (Wildman–Crippen MR) is 64.1 cm³/mol. The van der Waals surface area contributed by atoms with Crippen LogP contribution >= 0.6 is 0 Å². The molecule has 0 aliphatic carbocycles. The highest BCUT2D eigenvalue weighted by Crippen LogP contribution is 2.26. The molecule has 1 N–H and O–H groups in total. The standard InChI is InChI=1S/C12H23N3/c1-6-15-8-7-14-11(15)12(3,4)9-10(2)13-5/h7-8,10,13H,6,9H2,1-5H3. The van der Waals surface area contributed by atoms with Gasteiger partial charge >= 0.3 is 0 Å². The quantitative estimate of drug-likeness (QED) is 0.805. The van der Waals surface area contributed by atoms with E-state index in [0.29, 0.717) is 6.04 Å². The van der Waals surface area contributed by atoms with Crippen molar-refractivity contribution in [2.45, 2.75) is 52.1 Å². The molecule has 0 spiro atoms. The molecule has 0 aliphatic heterocycles. The molecule has 3 heteroatoms. The topological polar surface area (TPSA) is 29.9 Å². The van der Waals surface area contributed by atoms with Crippen molar-refractivity contribution in [3.63, 3.8) is 0 Å². The summed E-state index contributed by atoms with van der Waals surface area (Å²) in [6.45, 7) is 9.88. The molecular formula is C12H23N3. The van der Waals surface area contributed by atoms with Crippen LogP contribution in [0.4, 0.5) is 0 Å². The second-order valence-corrected chi connectivity index (χ2v) is 4.81. The molecule has 15 heavy (non-hydrogen) atoms. The van der Waals surface area contributed by atoms with E-state index in [1.807, 2.05) is 13.2 Å². The van der Waals surface area contributed by atoms with Crippen LogP contribution in [0.25, 0.3) is 0 Å². The fourth-order valence-electron chi connectivity index (χ4n) is 2.11. The number of nitrogens with zero attached hydrogens (tertiary/aromatic N) is 2. The third kappa shape index (κ3) is 2.81. The Morgan fingerprint density at radius 2 is 2.20 bits per heavy atom. The first kappa shape index (κ1) is 12.2. The SMILES string of the molecule is CCn1ccnc1C(C)(C)CC(C)NC. The number of hydrogen-bond acceptors (Lipinski definition) is 2. The first-order valence-electron chi connectivity index (χ1n) is 5.70. The fraction of sp³-hybridized carbons (Fsp3) is 0.750. The second-order valence-electron chi connectivity index (χ2n) is 4.81. The Labute approximate surface area is 92.9 Å². The maximum atomic E-state index is 4.48.